The van der Waals surface area contributed by atoms with Crippen LogP contribution in [0.25, 0.3) is 0 Å². The fourth-order valence-corrected chi connectivity index (χ4v) is 2.96. The van der Waals surface area contributed by atoms with Crippen molar-refractivity contribution in [2.24, 2.45) is 5.41 Å². The van der Waals surface area contributed by atoms with Crippen molar-refractivity contribution in [3.8, 4) is 0 Å². The van der Waals surface area contributed by atoms with Crippen LogP contribution in [-0.2, 0) is 4.74 Å². The number of carbonyl (C=O) groups excluding carboxylic acids is 1. The minimum Gasteiger partial charge on any atom is -0.444 e. The van der Waals surface area contributed by atoms with Crippen LogP contribution in [0.2, 0.25) is 0 Å². The Morgan fingerprint density at radius 2 is 2.11 bits per heavy atom. The van der Waals surface area contributed by atoms with E-state index in [4.69, 9.17) is 4.74 Å². The molecule has 18 heavy (non-hydrogen) atoms. The molecule has 3 unspecified atom stereocenters. The first-order valence-corrected chi connectivity index (χ1v) is 6.51. The van der Waals surface area contributed by atoms with E-state index in [1.165, 1.54) is 0 Å². The normalized spacial score (nSPS) is 36.4. The fourth-order valence-electron chi connectivity index (χ4n) is 2.96. The lowest BCUT2D eigenvalue weighted by Crippen LogP contribution is -2.36. The fraction of sp³-hybridized carbons (Fsp3) is 0.923. The standard InChI is InChI=1S/C13H22FNO3/c1-12(2,3)18-11(17)15-5-4-13(8-15)6-9(14)10(16)7-13/h9-10,16H,4-8H2,1-3H3. The third-order valence-corrected chi connectivity index (χ3v) is 3.78. The predicted octanol–water partition coefficient (Wildman–Crippen LogP) is 2.11. The molecule has 2 aliphatic rings. The zero-order valence-corrected chi connectivity index (χ0v) is 11.3. The molecule has 0 aromatic heterocycles. The van der Waals surface area contributed by atoms with Gasteiger partial charge in [0.1, 0.15) is 11.8 Å². The van der Waals surface area contributed by atoms with E-state index in [-0.39, 0.29) is 11.5 Å². The summed E-state index contributed by atoms with van der Waals surface area (Å²) in [6, 6.07) is 0. The number of carbonyl (C=O) groups is 1. The van der Waals surface area contributed by atoms with Crippen LogP contribution in [0.15, 0.2) is 0 Å². The zero-order chi connectivity index (χ0) is 13.6. The van der Waals surface area contributed by atoms with Crippen LogP contribution in [-0.4, -0.2) is 47.1 Å². The van der Waals surface area contributed by atoms with Gasteiger partial charge in [0.15, 0.2) is 0 Å². The van der Waals surface area contributed by atoms with Gasteiger partial charge in [-0.3, -0.25) is 0 Å². The number of nitrogens with zero attached hydrogens (tertiary/aromatic N) is 1. The van der Waals surface area contributed by atoms with E-state index < -0.39 is 17.9 Å². The lowest BCUT2D eigenvalue weighted by Gasteiger charge is -2.26. The van der Waals surface area contributed by atoms with Gasteiger partial charge in [-0.05, 0) is 45.4 Å². The maximum absolute atomic E-state index is 13.4. The van der Waals surface area contributed by atoms with Crippen LogP contribution < -0.4 is 0 Å². The van der Waals surface area contributed by atoms with Crippen molar-refractivity contribution in [3.63, 3.8) is 0 Å². The Bertz CT molecular complexity index is 330. The highest BCUT2D eigenvalue weighted by Gasteiger charge is 2.50. The van der Waals surface area contributed by atoms with Crippen molar-refractivity contribution in [2.75, 3.05) is 13.1 Å². The Hall–Kier alpha value is -0.840. The molecule has 1 aliphatic heterocycles. The predicted molar refractivity (Wildman–Crippen MR) is 65.0 cm³/mol. The minimum atomic E-state index is -1.15. The summed E-state index contributed by atoms with van der Waals surface area (Å²) < 4.78 is 18.7. The monoisotopic (exact) mass is 259 g/mol. The highest BCUT2D eigenvalue weighted by Crippen LogP contribution is 2.46. The molecular formula is C13H22FNO3. The Labute approximate surface area is 107 Å². The third kappa shape index (κ3) is 2.76. The van der Waals surface area contributed by atoms with Crippen LogP contribution in [0.1, 0.15) is 40.0 Å². The maximum Gasteiger partial charge on any atom is 0.410 e. The van der Waals surface area contributed by atoms with Gasteiger partial charge in [-0.15, -0.1) is 0 Å². The van der Waals surface area contributed by atoms with E-state index in [0.717, 1.165) is 6.42 Å². The van der Waals surface area contributed by atoms with Crippen LogP contribution >= 0.6 is 0 Å². The lowest BCUT2D eigenvalue weighted by molar-refractivity contribution is 0.0270. The number of amides is 1. The molecular weight excluding hydrogens is 237 g/mol. The van der Waals surface area contributed by atoms with Crippen LogP contribution in [0, 0.1) is 5.41 Å². The summed E-state index contributed by atoms with van der Waals surface area (Å²) in [4.78, 5) is 13.5. The first-order chi connectivity index (χ1) is 8.21. The van der Waals surface area contributed by atoms with Crippen molar-refractivity contribution < 1.29 is 19.0 Å². The molecule has 1 heterocycles. The number of hydrogen-bond donors (Lipinski definition) is 1. The molecule has 0 aromatic carbocycles. The van der Waals surface area contributed by atoms with Crippen LogP contribution in [0.5, 0.6) is 0 Å². The van der Waals surface area contributed by atoms with Crippen molar-refractivity contribution in [1.29, 1.82) is 0 Å². The highest BCUT2D eigenvalue weighted by molar-refractivity contribution is 5.68. The number of hydrogen-bond acceptors (Lipinski definition) is 3. The minimum absolute atomic E-state index is 0.240. The molecule has 0 radical (unpaired) electrons. The summed E-state index contributed by atoms with van der Waals surface area (Å²) in [6.45, 7) is 6.57. The van der Waals surface area contributed by atoms with Gasteiger partial charge in [0, 0.05) is 13.1 Å². The number of aliphatic hydroxyl groups excluding tert-OH is 1. The molecule has 1 amide bonds. The molecule has 2 rings (SSSR count). The van der Waals surface area contributed by atoms with Gasteiger partial charge in [-0.1, -0.05) is 0 Å². The van der Waals surface area contributed by atoms with Crippen molar-refractivity contribution in [3.05, 3.63) is 0 Å². The molecule has 3 atom stereocenters. The smallest absolute Gasteiger partial charge is 0.410 e. The van der Waals surface area contributed by atoms with E-state index in [1.54, 1.807) is 4.90 Å². The molecule has 0 bridgehead atoms. The SMILES string of the molecule is CC(C)(C)OC(=O)N1CCC2(CC(O)C(F)C2)C1. The second-order valence-electron chi connectivity index (χ2n) is 6.64. The highest BCUT2D eigenvalue weighted by atomic mass is 19.1. The molecule has 1 saturated carbocycles. The summed E-state index contributed by atoms with van der Waals surface area (Å²) in [5, 5.41) is 9.52. The number of halogens is 1. The Morgan fingerprint density at radius 3 is 2.61 bits per heavy atom. The molecule has 1 spiro atoms. The molecule has 1 aliphatic carbocycles. The Kier molecular flexibility index (Phi) is 3.30. The molecule has 5 heteroatoms. The van der Waals surface area contributed by atoms with Crippen molar-refractivity contribution in [1.82, 2.24) is 4.90 Å². The second kappa shape index (κ2) is 4.37. The third-order valence-electron chi connectivity index (χ3n) is 3.78. The van der Waals surface area contributed by atoms with Gasteiger partial charge >= 0.3 is 6.09 Å². The van der Waals surface area contributed by atoms with Gasteiger partial charge < -0.3 is 14.7 Å². The van der Waals surface area contributed by atoms with E-state index >= 15 is 0 Å². The summed E-state index contributed by atoms with van der Waals surface area (Å²) >= 11 is 0. The summed E-state index contributed by atoms with van der Waals surface area (Å²) in [5.74, 6) is 0. The van der Waals surface area contributed by atoms with E-state index in [2.05, 4.69) is 0 Å². The van der Waals surface area contributed by atoms with E-state index in [0.29, 0.717) is 25.9 Å². The van der Waals surface area contributed by atoms with E-state index in [9.17, 15) is 14.3 Å². The Morgan fingerprint density at radius 1 is 1.44 bits per heavy atom. The molecule has 0 aromatic rings. The summed E-state index contributed by atoms with van der Waals surface area (Å²) in [6.07, 6.45) is -0.798. The summed E-state index contributed by atoms with van der Waals surface area (Å²) in [7, 11) is 0. The van der Waals surface area contributed by atoms with Gasteiger partial charge in [-0.25, -0.2) is 9.18 Å². The summed E-state index contributed by atoms with van der Waals surface area (Å²) in [5.41, 5.74) is -0.750. The van der Waals surface area contributed by atoms with Crippen LogP contribution in [0.4, 0.5) is 9.18 Å². The van der Waals surface area contributed by atoms with Gasteiger partial charge in [0.05, 0.1) is 6.10 Å². The number of aliphatic hydroxyl groups is 1. The second-order valence-corrected chi connectivity index (χ2v) is 6.64. The maximum atomic E-state index is 13.4. The molecule has 1 N–H and O–H groups in total. The lowest BCUT2D eigenvalue weighted by atomic mass is 9.85. The molecule has 1 saturated heterocycles. The largest absolute Gasteiger partial charge is 0.444 e. The van der Waals surface area contributed by atoms with Gasteiger partial charge in [0.25, 0.3) is 0 Å². The molecule has 104 valence electrons. The Balaban J connectivity index is 1.95. The quantitative estimate of drug-likeness (QED) is 0.725. The number of alkyl halides is 1. The van der Waals surface area contributed by atoms with Crippen molar-refractivity contribution >= 4 is 6.09 Å². The van der Waals surface area contributed by atoms with Crippen molar-refractivity contribution in [2.45, 2.75) is 57.9 Å². The number of ether oxygens (including phenoxy) is 1. The molecule has 4 nitrogen and oxygen atoms in total. The molecule has 2 fully saturated rings. The van der Waals surface area contributed by atoms with Crippen LogP contribution in [0.3, 0.4) is 0 Å². The van der Waals surface area contributed by atoms with Gasteiger partial charge in [-0.2, -0.15) is 0 Å². The topological polar surface area (TPSA) is 49.8 Å². The van der Waals surface area contributed by atoms with Gasteiger partial charge in [0.2, 0.25) is 0 Å². The average molecular weight is 259 g/mol. The zero-order valence-electron chi connectivity index (χ0n) is 11.3. The number of likely N-dealkylation sites (tertiary alicyclic amines) is 1. The first-order valence-electron chi connectivity index (χ1n) is 6.51. The number of rotatable bonds is 0. The first kappa shape index (κ1) is 13.6. The van der Waals surface area contributed by atoms with E-state index in [1.807, 2.05) is 20.8 Å². The average Bonchev–Trinajstić information content (AvgIpc) is 2.70.